The van der Waals surface area contributed by atoms with Gasteiger partial charge in [0.1, 0.15) is 0 Å². The summed E-state index contributed by atoms with van der Waals surface area (Å²) in [5, 5.41) is 8.55. The van der Waals surface area contributed by atoms with Gasteiger partial charge in [-0.15, -0.1) is 6.58 Å². The molecule has 0 radical (unpaired) electrons. The van der Waals surface area contributed by atoms with E-state index in [-0.39, 0.29) is 6.10 Å². The predicted molar refractivity (Wildman–Crippen MR) is 42.4 cm³/mol. The highest BCUT2D eigenvalue weighted by molar-refractivity contribution is 5.70. The van der Waals surface area contributed by atoms with Crippen molar-refractivity contribution in [2.75, 3.05) is 6.61 Å². The Bertz CT molecular complexity index is 142. The normalized spacial score (nSPS) is 15.5. The maximum absolute atomic E-state index is 10.4. The molecule has 1 N–H and O–H groups in total. The third-order valence-corrected chi connectivity index (χ3v) is 1.57. The highest BCUT2D eigenvalue weighted by Crippen LogP contribution is 2.06. The van der Waals surface area contributed by atoms with Gasteiger partial charge in [0.2, 0.25) is 0 Å². The summed E-state index contributed by atoms with van der Waals surface area (Å²) >= 11 is 0. The fraction of sp³-hybridized carbons (Fsp3) is 0.625. The average Bonchev–Trinajstić information content (AvgIpc) is 1.98. The van der Waals surface area contributed by atoms with Gasteiger partial charge in [0, 0.05) is 0 Å². The topological polar surface area (TPSA) is 46.5 Å². The first-order valence-corrected chi connectivity index (χ1v) is 3.55. The first kappa shape index (κ1) is 10.2. The van der Waals surface area contributed by atoms with Crippen LogP contribution in [0.1, 0.15) is 13.8 Å². The monoisotopic (exact) mass is 158 g/mol. The molecule has 64 valence electrons. The second-order valence-corrected chi connectivity index (χ2v) is 2.45. The molecule has 0 amide bonds. The number of hydrogen-bond acceptors (Lipinski definition) is 2. The molecule has 0 aromatic heterocycles. The molecule has 0 aliphatic heterocycles. The molecule has 0 spiro atoms. The molecule has 0 heterocycles. The van der Waals surface area contributed by atoms with Crippen molar-refractivity contribution in [3.63, 3.8) is 0 Å². The van der Waals surface area contributed by atoms with E-state index in [1.807, 2.05) is 0 Å². The second-order valence-electron chi connectivity index (χ2n) is 2.45. The third kappa shape index (κ3) is 3.78. The minimum atomic E-state index is -0.832. The summed E-state index contributed by atoms with van der Waals surface area (Å²) in [6.45, 7) is 7.23. The molecular formula is C8H14O3. The lowest BCUT2D eigenvalue weighted by atomic mass is 10.1. The molecular weight excluding hydrogens is 144 g/mol. The molecule has 0 aliphatic rings. The summed E-state index contributed by atoms with van der Waals surface area (Å²) in [6.07, 6.45) is 1.34. The van der Waals surface area contributed by atoms with Gasteiger partial charge in [-0.25, -0.2) is 0 Å². The number of aliphatic carboxylic acids is 1. The maximum Gasteiger partial charge on any atom is 0.308 e. The molecule has 11 heavy (non-hydrogen) atoms. The number of hydrogen-bond donors (Lipinski definition) is 1. The van der Waals surface area contributed by atoms with E-state index in [1.54, 1.807) is 19.9 Å². The molecule has 0 aromatic rings. The number of rotatable bonds is 5. The maximum atomic E-state index is 10.4. The zero-order chi connectivity index (χ0) is 8.85. The van der Waals surface area contributed by atoms with Crippen LogP contribution in [0.25, 0.3) is 0 Å². The highest BCUT2D eigenvalue weighted by Gasteiger charge is 2.18. The van der Waals surface area contributed by atoms with E-state index in [1.165, 1.54) is 0 Å². The minimum absolute atomic E-state index is 0.259. The van der Waals surface area contributed by atoms with Gasteiger partial charge in [0.25, 0.3) is 0 Å². The van der Waals surface area contributed by atoms with Crippen LogP contribution in [0.3, 0.4) is 0 Å². The van der Waals surface area contributed by atoms with Gasteiger partial charge in [0.15, 0.2) is 0 Å². The van der Waals surface area contributed by atoms with Crippen molar-refractivity contribution in [3.8, 4) is 0 Å². The van der Waals surface area contributed by atoms with Crippen LogP contribution >= 0.6 is 0 Å². The van der Waals surface area contributed by atoms with Crippen LogP contribution in [0.2, 0.25) is 0 Å². The van der Waals surface area contributed by atoms with E-state index >= 15 is 0 Å². The SMILES string of the molecule is C=CCO[C@H](C)[C@H](C)C(=O)O. The first-order valence-electron chi connectivity index (χ1n) is 3.55. The standard InChI is InChI=1S/C8H14O3/c1-4-5-11-7(3)6(2)8(9)10/h4,6-7H,1,5H2,2-3H3,(H,9,10)/t6-,7+/m0/s1. The van der Waals surface area contributed by atoms with E-state index < -0.39 is 11.9 Å². The summed E-state index contributed by atoms with van der Waals surface area (Å²) < 4.78 is 5.12. The third-order valence-electron chi connectivity index (χ3n) is 1.57. The fourth-order valence-corrected chi connectivity index (χ4v) is 0.565. The zero-order valence-corrected chi connectivity index (χ0v) is 6.91. The van der Waals surface area contributed by atoms with Crippen molar-refractivity contribution < 1.29 is 14.6 Å². The van der Waals surface area contributed by atoms with Crippen LogP contribution < -0.4 is 0 Å². The second kappa shape index (κ2) is 4.91. The summed E-state index contributed by atoms with van der Waals surface area (Å²) in [5.41, 5.74) is 0. The van der Waals surface area contributed by atoms with Gasteiger partial charge in [-0.1, -0.05) is 6.08 Å². The van der Waals surface area contributed by atoms with Crippen LogP contribution in [-0.4, -0.2) is 23.8 Å². The summed E-state index contributed by atoms with van der Waals surface area (Å²) in [6, 6.07) is 0. The minimum Gasteiger partial charge on any atom is -0.481 e. The molecule has 0 saturated heterocycles. The van der Waals surface area contributed by atoms with Crippen molar-refractivity contribution in [1.29, 1.82) is 0 Å². The molecule has 2 atom stereocenters. The lowest BCUT2D eigenvalue weighted by molar-refractivity contribution is -0.145. The average molecular weight is 158 g/mol. The molecule has 0 bridgehead atoms. The van der Waals surface area contributed by atoms with Gasteiger partial charge >= 0.3 is 5.97 Å². The summed E-state index contributed by atoms with van der Waals surface area (Å²) in [4.78, 5) is 10.4. The van der Waals surface area contributed by atoms with Gasteiger partial charge < -0.3 is 9.84 Å². The van der Waals surface area contributed by atoms with Crippen LogP contribution in [0.15, 0.2) is 12.7 Å². The van der Waals surface area contributed by atoms with E-state index in [9.17, 15) is 4.79 Å². The number of carboxylic acids is 1. The fourth-order valence-electron chi connectivity index (χ4n) is 0.565. The van der Waals surface area contributed by atoms with Crippen molar-refractivity contribution in [2.45, 2.75) is 20.0 Å². The van der Waals surface area contributed by atoms with Crippen LogP contribution in [-0.2, 0) is 9.53 Å². The van der Waals surface area contributed by atoms with E-state index in [0.717, 1.165) is 0 Å². The van der Waals surface area contributed by atoms with Crippen LogP contribution in [0.5, 0.6) is 0 Å². The molecule has 3 heteroatoms. The number of ether oxygens (including phenoxy) is 1. The Hall–Kier alpha value is -0.830. The van der Waals surface area contributed by atoms with Crippen LogP contribution in [0, 0.1) is 5.92 Å². The van der Waals surface area contributed by atoms with Gasteiger partial charge in [-0.2, -0.15) is 0 Å². The van der Waals surface area contributed by atoms with E-state index in [0.29, 0.717) is 6.61 Å². The Morgan fingerprint density at radius 2 is 2.27 bits per heavy atom. The molecule has 3 nitrogen and oxygen atoms in total. The van der Waals surface area contributed by atoms with E-state index in [4.69, 9.17) is 9.84 Å². The number of carbonyl (C=O) groups is 1. The van der Waals surface area contributed by atoms with E-state index in [2.05, 4.69) is 6.58 Å². The van der Waals surface area contributed by atoms with Gasteiger partial charge in [-0.05, 0) is 13.8 Å². The lowest BCUT2D eigenvalue weighted by Crippen LogP contribution is -2.25. The van der Waals surface area contributed by atoms with Crippen molar-refractivity contribution in [3.05, 3.63) is 12.7 Å². The molecule has 0 aromatic carbocycles. The smallest absolute Gasteiger partial charge is 0.308 e. The Morgan fingerprint density at radius 1 is 1.73 bits per heavy atom. The molecule has 0 aliphatic carbocycles. The highest BCUT2D eigenvalue weighted by atomic mass is 16.5. The zero-order valence-electron chi connectivity index (χ0n) is 6.91. The quantitative estimate of drug-likeness (QED) is 0.613. The Labute approximate surface area is 66.7 Å². The summed E-state index contributed by atoms with van der Waals surface area (Å²) in [7, 11) is 0. The summed E-state index contributed by atoms with van der Waals surface area (Å²) in [5.74, 6) is -1.29. The molecule has 0 rings (SSSR count). The molecule has 0 fully saturated rings. The largest absolute Gasteiger partial charge is 0.481 e. The Balaban J connectivity index is 3.72. The Morgan fingerprint density at radius 3 is 2.64 bits per heavy atom. The Kier molecular flexibility index (Phi) is 4.54. The molecule has 0 unspecified atom stereocenters. The lowest BCUT2D eigenvalue weighted by Gasteiger charge is -2.15. The van der Waals surface area contributed by atoms with Gasteiger partial charge in [0.05, 0.1) is 18.6 Å². The number of carboxylic acid groups (broad SMARTS) is 1. The van der Waals surface area contributed by atoms with Crippen molar-refractivity contribution in [2.24, 2.45) is 5.92 Å². The van der Waals surface area contributed by atoms with Gasteiger partial charge in [-0.3, -0.25) is 4.79 Å². The molecule has 0 saturated carbocycles. The van der Waals surface area contributed by atoms with Crippen molar-refractivity contribution in [1.82, 2.24) is 0 Å². The first-order chi connectivity index (χ1) is 5.09. The van der Waals surface area contributed by atoms with Crippen LogP contribution in [0.4, 0.5) is 0 Å². The predicted octanol–water partition coefficient (Wildman–Crippen LogP) is 1.30. The van der Waals surface area contributed by atoms with Crippen molar-refractivity contribution >= 4 is 5.97 Å².